The van der Waals surface area contributed by atoms with E-state index in [4.69, 9.17) is 13.9 Å². The van der Waals surface area contributed by atoms with Gasteiger partial charge in [0.05, 0.1) is 14.2 Å². The van der Waals surface area contributed by atoms with Crippen LogP contribution in [0.1, 0.15) is 64.1 Å². The molecule has 0 saturated carbocycles. The van der Waals surface area contributed by atoms with Crippen molar-refractivity contribution >= 4 is 12.2 Å². The molecular formula is C26H32N2O3. The number of nitrogens with zero attached hydrogens (tertiary/aromatic N) is 2. The van der Waals surface area contributed by atoms with Crippen LogP contribution in [0.2, 0.25) is 0 Å². The van der Waals surface area contributed by atoms with Crippen LogP contribution >= 0.6 is 0 Å². The monoisotopic (exact) mass is 420 g/mol. The maximum Gasteiger partial charge on any atom is 0.248 e. The molecule has 0 radical (unpaired) electrons. The number of hydrogen-bond donors (Lipinski definition) is 0. The van der Waals surface area contributed by atoms with Gasteiger partial charge in [-0.05, 0) is 57.9 Å². The van der Waals surface area contributed by atoms with Crippen molar-refractivity contribution in [3.05, 3.63) is 59.0 Å². The van der Waals surface area contributed by atoms with E-state index in [9.17, 15) is 0 Å². The Kier molecular flexibility index (Phi) is 6.25. The summed E-state index contributed by atoms with van der Waals surface area (Å²) in [5.41, 5.74) is 4.42. The van der Waals surface area contributed by atoms with Crippen LogP contribution in [0, 0.1) is 0 Å². The molecule has 0 aliphatic carbocycles. The zero-order chi connectivity index (χ0) is 22.8. The summed E-state index contributed by atoms with van der Waals surface area (Å²) >= 11 is 0. The lowest BCUT2D eigenvalue weighted by Gasteiger charge is -2.25. The highest BCUT2D eigenvalue weighted by atomic mass is 16.5. The van der Waals surface area contributed by atoms with Crippen LogP contribution in [0.15, 0.2) is 40.8 Å². The van der Waals surface area contributed by atoms with Crippen LogP contribution in [-0.2, 0) is 10.8 Å². The SMILES string of the molecule is COc1ccc(/C=C/c2nnc(-c3cc(C(C)(C)C)cc(C(C)(C)C)c3)o2)cc1OC. The Hall–Kier alpha value is -3.08. The standard InChI is InChI=1S/C26H32N2O3/c1-25(2,3)19-14-18(15-20(16-19)26(4,5)6)24-28-27-23(31-24)12-10-17-9-11-21(29-7)22(13-17)30-8/h9-16H,1-8H3/b12-10+. The zero-order valence-electron chi connectivity index (χ0n) is 19.7. The van der Waals surface area contributed by atoms with Gasteiger partial charge in [-0.25, -0.2) is 0 Å². The van der Waals surface area contributed by atoms with Crippen molar-refractivity contribution in [2.75, 3.05) is 14.2 Å². The summed E-state index contributed by atoms with van der Waals surface area (Å²) in [5.74, 6) is 2.32. The second-order valence-electron chi connectivity index (χ2n) is 9.69. The molecule has 0 atom stereocenters. The third-order valence-electron chi connectivity index (χ3n) is 5.18. The molecule has 3 aromatic rings. The molecule has 164 valence electrons. The molecular weight excluding hydrogens is 388 g/mol. The van der Waals surface area contributed by atoms with Crippen LogP contribution in [-0.4, -0.2) is 24.4 Å². The first-order valence-electron chi connectivity index (χ1n) is 10.4. The Balaban J connectivity index is 1.92. The highest BCUT2D eigenvalue weighted by Gasteiger charge is 2.22. The molecule has 0 N–H and O–H groups in total. The van der Waals surface area contributed by atoms with E-state index in [1.165, 1.54) is 11.1 Å². The van der Waals surface area contributed by atoms with Crippen molar-refractivity contribution in [1.29, 1.82) is 0 Å². The topological polar surface area (TPSA) is 57.4 Å². The van der Waals surface area contributed by atoms with Gasteiger partial charge in [-0.15, -0.1) is 10.2 Å². The number of benzene rings is 2. The molecule has 0 fully saturated rings. The van der Waals surface area contributed by atoms with Gasteiger partial charge in [0.1, 0.15) is 0 Å². The van der Waals surface area contributed by atoms with E-state index < -0.39 is 0 Å². The molecule has 1 aromatic heterocycles. The van der Waals surface area contributed by atoms with Gasteiger partial charge < -0.3 is 13.9 Å². The Bertz CT molecular complexity index is 1050. The molecule has 0 bridgehead atoms. The summed E-state index contributed by atoms with van der Waals surface area (Å²) in [4.78, 5) is 0. The molecule has 31 heavy (non-hydrogen) atoms. The van der Waals surface area contributed by atoms with E-state index in [-0.39, 0.29) is 10.8 Å². The third-order valence-corrected chi connectivity index (χ3v) is 5.18. The van der Waals surface area contributed by atoms with E-state index in [0.29, 0.717) is 23.3 Å². The maximum atomic E-state index is 5.96. The van der Waals surface area contributed by atoms with E-state index >= 15 is 0 Å². The van der Waals surface area contributed by atoms with Crippen molar-refractivity contribution < 1.29 is 13.9 Å². The Morgan fingerprint density at radius 1 is 0.742 bits per heavy atom. The van der Waals surface area contributed by atoms with Crippen LogP contribution < -0.4 is 9.47 Å². The second kappa shape index (κ2) is 8.58. The van der Waals surface area contributed by atoms with Crippen molar-refractivity contribution in [3.63, 3.8) is 0 Å². The summed E-state index contributed by atoms with van der Waals surface area (Å²) in [6.07, 6.45) is 3.71. The first-order chi connectivity index (χ1) is 14.5. The van der Waals surface area contributed by atoms with Gasteiger partial charge in [0, 0.05) is 11.6 Å². The zero-order valence-corrected chi connectivity index (χ0v) is 19.7. The summed E-state index contributed by atoms with van der Waals surface area (Å²) in [6, 6.07) is 12.3. The van der Waals surface area contributed by atoms with E-state index in [1.54, 1.807) is 20.3 Å². The van der Waals surface area contributed by atoms with Crippen LogP contribution in [0.5, 0.6) is 11.5 Å². The minimum atomic E-state index is 0.0200. The van der Waals surface area contributed by atoms with E-state index in [2.05, 4.69) is 69.9 Å². The van der Waals surface area contributed by atoms with Crippen molar-refractivity contribution in [3.8, 4) is 23.0 Å². The predicted molar refractivity (Wildman–Crippen MR) is 126 cm³/mol. The van der Waals surface area contributed by atoms with Gasteiger partial charge in [-0.1, -0.05) is 53.7 Å². The van der Waals surface area contributed by atoms with Gasteiger partial charge in [0.25, 0.3) is 0 Å². The number of hydrogen-bond acceptors (Lipinski definition) is 5. The quantitative estimate of drug-likeness (QED) is 0.470. The number of ether oxygens (including phenoxy) is 2. The molecule has 0 unspecified atom stereocenters. The summed E-state index contributed by atoms with van der Waals surface area (Å²) in [7, 11) is 3.24. The predicted octanol–water partition coefficient (Wildman–Crippen LogP) is 6.52. The summed E-state index contributed by atoms with van der Waals surface area (Å²) < 4.78 is 16.6. The third kappa shape index (κ3) is 5.35. The van der Waals surface area contributed by atoms with Gasteiger partial charge in [-0.3, -0.25) is 0 Å². The van der Waals surface area contributed by atoms with E-state index in [0.717, 1.165) is 11.1 Å². The van der Waals surface area contributed by atoms with Crippen molar-refractivity contribution in [2.24, 2.45) is 0 Å². The smallest absolute Gasteiger partial charge is 0.248 e. The summed E-state index contributed by atoms with van der Waals surface area (Å²) in [6.45, 7) is 13.3. The highest BCUT2D eigenvalue weighted by Crippen LogP contribution is 2.34. The highest BCUT2D eigenvalue weighted by molar-refractivity contribution is 5.68. The van der Waals surface area contributed by atoms with Gasteiger partial charge in [0.15, 0.2) is 11.5 Å². The molecule has 0 aliphatic rings. The molecule has 0 spiro atoms. The lowest BCUT2D eigenvalue weighted by atomic mass is 9.79. The average molecular weight is 421 g/mol. The van der Waals surface area contributed by atoms with Crippen LogP contribution in [0.4, 0.5) is 0 Å². The Morgan fingerprint density at radius 2 is 1.35 bits per heavy atom. The van der Waals surface area contributed by atoms with Gasteiger partial charge in [-0.2, -0.15) is 0 Å². The molecule has 1 heterocycles. The average Bonchev–Trinajstić information content (AvgIpc) is 3.19. The Labute approximate surface area is 185 Å². The molecule has 2 aromatic carbocycles. The number of aromatic nitrogens is 2. The minimum absolute atomic E-state index is 0.0200. The lowest BCUT2D eigenvalue weighted by Crippen LogP contribution is -2.16. The van der Waals surface area contributed by atoms with Crippen molar-refractivity contribution in [1.82, 2.24) is 10.2 Å². The van der Waals surface area contributed by atoms with Crippen LogP contribution in [0.25, 0.3) is 23.6 Å². The van der Waals surface area contributed by atoms with E-state index in [1.807, 2.05) is 24.3 Å². The molecule has 3 rings (SSSR count). The van der Waals surface area contributed by atoms with Crippen molar-refractivity contribution in [2.45, 2.75) is 52.4 Å². The number of methoxy groups -OCH3 is 2. The first-order valence-corrected chi connectivity index (χ1v) is 10.4. The molecule has 0 saturated heterocycles. The molecule has 0 aliphatic heterocycles. The second-order valence-corrected chi connectivity index (χ2v) is 9.69. The molecule has 5 nitrogen and oxygen atoms in total. The first kappa shape index (κ1) is 22.6. The van der Waals surface area contributed by atoms with Crippen LogP contribution in [0.3, 0.4) is 0 Å². The summed E-state index contributed by atoms with van der Waals surface area (Å²) in [5, 5.41) is 8.50. The van der Waals surface area contributed by atoms with Gasteiger partial charge in [0.2, 0.25) is 11.8 Å². The number of rotatable bonds is 5. The lowest BCUT2D eigenvalue weighted by molar-refractivity contribution is 0.355. The van der Waals surface area contributed by atoms with Gasteiger partial charge >= 0.3 is 0 Å². The fourth-order valence-corrected chi connectivity index (χ4v) is 3.16. The maximum absolute atomic E-state index is 5.96. The normalized spacial score (nSPS) is 12.4. The Morgan fingerprint density at radius 3 is 1.90 bits per heavy atom. The molecule has 5 heteroatoms. The fraction of sp³-hybridized carbons (Fsp3) is 0.385. The largest absolute Gasteiger partial charge is 0.493 e. The molecule has 0 amide bonds. The fourth-order valence-electron chi connectivity index (χ4n) is 3.16. The minimum Gasteiger partial charge on any atom is -0.493 e.